The number of anilines is 1. The van der Waals surface area contributed by atoms with Crippen LogP contribution in [0.2, 0.25) is 0 Å². The van der Waals surface area contributed by atoms with Crippen molar-refractivity contribution in [3.05, 3.63) is 58.3 Å². The van der Waals surface area contributed by atoms with Crippen molar-refractivity contribution in [3.63, 3.8) is 0 Å². The number of benzene rings is 2. The first-order chi connectivity index (χ1) is 14.9. The van der Waals surface area contributed by atoms with Crippen LogP contribution in [0.25, 0.3) is 0 Å². The molecule has 1 aliphatic rings. The van der Waals surface area contributed by atoms with Crippen molar-refractivity contribution in [1.82, 2.24) is 0 Å². The molecule has 162 valence electrons. The van der Waals surface area contributed by atoms with Crippen LogP contribution in [0.1, 0.15) is 22.8 Å². The van der Waals surface area contributed by atoms with Crippen molar-refractivity contribution in [2.75, 3.05) is 26.6 Å². The Kier molecular flexibility index (Phi) is 5.63. The first-order valence-corrected chi connectivity index (χ1v) is 11.8. The molecule has 7 nitrogen and oxygen atoms in total. The quantitative estimate of drug-likeness (QED) is 0.597. The zero-order valence-electron chi connectivity index (χ0n) is 17.2. The van der Waals surface area contributed by atoms with E-state index in [4.69, 9.17) is 14.2 Å². The number of sulfone groups is 1. The number of fused-ring (bicyclic) bond motifs is 1. The second kappa shape index (κ2) is 8.24. The highest BCUT2D eigenvalue weighted by atomic mass is 32.2. The van der Waals surface area contributed by atoms with Crippen molar-refractivity contribution in [2.24, 2.45) is 0 Å². The summed E-state index contributed by atoms with van der Waals surface area (Å²) in [4.78, 5) is 13.5. The minimum Gasteiger partial charge on any atom is -0.497 e. The van der Waals surface area contributed by atoms with E-state index >= 15 is 0 Å². The lowest BCUT2D eigenvalue weighted by Gasteiger charge is -2.25. The Balaban J connectivity index is 1.82. The molecule has 1 atom stereocenters. The van der Waals surface area contributed by atoms with Crippen LogP contribution in [0.3, 0.4) is 0 Å². The summed E-state index contributed by atoms with van der Waals surface area (Å²) in [5.74, 6) is 1.20. The van der Waals surface area contributed by atoms with Crippen LogP contribution in [0.5, 0.6) is 17.2 Å². The number of hydrogen-bond donors (Lipinski definition) is 1. The first kappa shape index (κ1) is 21.2. The van der Waals surface area contributed by atoms with Gasteiger partial charge in [-0.3, -0.25) is 4.79 Å². The van der Waals surface area contributed by atoms with E-state index in [2.05, 4.69) is 5.32 Å². The summed E-state index contributed by atoms with van der Waals surface area (Å²) in [5, 5.41) is 4.35. The van der Waals surface area contributed by atoms with Crippen molar-refractivity contribution < 1.29 is 27.4 Å². The second-order valence-corrected chi connectivity index (χ2v) is 9.76. The molecule has 0 spiro atoms. The fourth-order valence-corrected chi connectivity index (χ4v) is 6.55. The number of methoxy groups -OCH3 is 3. The second-order valence-electron chi connectivity index (χ2n) is 6.93. The van der Waals surface area contributed by atoms with Gasteiger partial charge in [0.25, 0.3) is 0 Å². The van der Waals surface area contributed by atoms with Gasteiger partial charge in [0.05, 0.1) is 31.9 Å². The largest absolute Gasteiger partial charge is 0.497 e. The summed E-state index contributed by atoms with van der Waals surface area (Å²) in [6.07, 6.45) is 0.180. The molecular formula is C22H21NO6S2. The third kappa shape index (κ3) is 3.75. The molecule has 0 aliphatic carbocycles. The Labute approximate surface area is 184 Å². The van der Waals surface area contributed by atoms with Crippen LogP contribution in [-0.4, -0.2) is 35.7 Å². The molecule has 0 saturated heterocycles. The van der Waals surface area contributed by atoms with Gasteiger partial charge in [0, 0.05) is 28.2 Å². The lowest BCUT2D eigenvalue weighted by Crippen LogP contribution is -2.23. The molecule has 2 aromatic carbocycles. The number of hydrogen-bond acceptors (Lipinski definition) is 7. The Morgan fingerprint density at radius 1 is 0.968 bits per heavy atom. The van der Waals surface area contributed by atoms with Crippen LogP contribution in [-0.2, 0) is 14.6 Å². The molecule has 2 heterocycles. The molecule has 1 amide bonds. The highest BCUT2D eigenvalue weighted by molar-refractivity contribution is 7.91. The van der Waals surface area contributed by atoms with Crippen molar-refractivity contribution in [1.29, 1.82) is 0 Å². The van der Waals surface area contributed by atoms with Crippen LogP contribution in [0, 0.1) is 0 Å². The molecule has 9 heteroatoms. The van der Waals surface area contributed by atoms with E-state index in [0.29, 0.717) is 22.9 Å². The van der Waals surface area contributed by atoms with Gasteiger partial charge in [-0.15, -0.1) is 11.3 Å². The van der Waals surface area contributed by atoms with E-state index in [9.17, 15) is 13.2 Å². The third-order valence-corrected chi connectivity index (χ3v) is 8.27. The molecule has 0 saturated carbocycles. The number of nitrogens with one attached hydrogen (secondary N) is 1. The molecule has 0 unspecified atom stereocenters. The molecule has 1 N–H and O–H groups in total. The van der Waals surface area contributed by atoms with Crippen LogP contribution >= 0.6 is 11.3 Å². The van der Waals surface area contributed by atoms with E-state index in [1.165, 1.54) is 30.6 Å². The van der Waals surface area contributed by atoms with Crippen molar-refractivity contribution >= 4 is 32.8 Å². The van der Waals surface area contributed by atoms with Gasteiger partial charge >= 0.3 is 0 Å². The van der Waals surface area contributed by atoms with E-state index in [0.717, 1.165) is 10.4 Å². The Morgan fingerprint density at radius 2 is 1.65 bits per heavy atom. The van der Waals surface area contributed by atoms with E-state index in [1.807, 2.05) is 6.07 Å². The monoisotopic (exact) mass is 459 g/mol. The van der Waals surface area contributed by atoms with Gasteiger partial charge in [-0.05, 0) is 42.5 Å². The summed E-state index contributed by atoms with van der Waals surface area (Å²) >= 11 is 1.30. The van der Waals surface area contributed by atoms with Gasteiger partial charge in [0.2, 0.25) is 15.7 Å². The standard InChI is InChI=1S/C22H21NO6S2/c1-27-13-4-7-15(8-5-13)31(25,26)19-12-30-22-17(11-20(24)23-21(19)22)16-10-14(28-2)6-9-18(16)29-3/h4-10,12,17H,11H2,1-3H3,(H,23,24)/t17-/m1/s1. The fraction of sp³-hybridized carbons (Fsp3) is 0.227. The average molecular weight is 460 g/mol. The summed E-state index contributed by atoms with van der Waals surface area (Å²) in [5.41, 5.74) is 1.10. The maximum atomic E-state index is 13.3. The van der Waals surface area contributed by atoms with Gasteiger partial charge in [-0.2, -0.15) is 0 Å². The highest BCUT2D eigenvalue weighted by Crippen LogP contribution is 2.48. The molecule has 1 aliphatic heterocycles. The lowest BCUT2D eigenvalue weighted by atomic mass is 9.90. The summed E-state index contributed by atoms with van der Waals surface area (Å²) in [6, 6.07) is 11.5. The van der Waals surface area contributed by atoms with Gasteiger partial charge < -0.3 is 19.5 Å². The van der Waals surface area contributed by atoms with Gasteiger partial charge in [-0.25, -0.2) is 8.42 Å². The Bertz CT molecular complexity index is 1230. The topological polar surface area (TPSA) is 90.9 Å². The SMILES string of the molecule is COc1ccc(S(=O)(=O)c2csc3c2NC(=O)C[C@@H]3c2cc(OC)ccc2OC)cc1. The van der Waals surface area contributed by atoms with E-state index < -0.39 is 9.84 Å². The van der Waals surface area contributed by atoms with Crippen molar-refractivity contribution in [2.45, 2.75) is 22.1 Å². The van der Waals surface area contributed by atoms with Crippen LogP contribution in [0.4, 0.5) is 5.69 Å². The summed E-state index contributed by atoms with van der Waals surface area (Å²) in [6.45, 7) is 0. The van der Waals surface area contributed by atoms with Crippen LogP contribution in [0.15, 0.2) is 57.6 Å². The first-order valence-electron chi connectivity index (χ1n) is 9.41. The molecular weight excluding hydrogens is 438 g/mol. The predicted octanol–water partition coefficient (Wildman–Crippen LogP) is 4.08. The lowest BCUT2D eigenvalue weighted by molar-refractivity contribution is -0.116. The maximum absolute atomic E-state index is 13.3. The maximum Gasteiger partial charge on any atom is 0.225 e. The number of carbonyl (C=O) groups excluding carboxylic acids is 1. The smallest absolute Gasteiger partial charge is 0.225 e. The van der Waals surface area contributed by atoms with Gasteiger partial charge in [-0.1, -0.05) is 0 Å². The van der Waals surface area contributed by atoms with E-state index in [1.54, 1.807) is 43.9 Å². The van der Waals surface area contributed by atoms with Gasteiger partial charge in [0.1, 0.15) is 22.1 Å². The van der Waals surface area contributed by atoms with Crippen LogP contribution < -0.4 is 19.5 Å². The molecule has 1 aromatic heterocycles. The molecule has 31 heavy (non-hydrogen) atoms. The zero-order chi connectivity index (χ0) is 22.2. The summed E-state index contributed by atoms with van der Waals surface area (Å²) in [7, 11) is 0.803. The minimum atomic E-state index is -3.84. The molecule has 0 fully saturated rings. The molecule has 0 radical (unpaired) electrons. The average Bonchev–Trinajstić information content (AvgIpc) is 3.22. The Hall–Kier alpha value is -3.04. The number of ether oxygens (including phenoxy) is 3. The van der Waals surface area contributed by atoms with E-state index in [-0.39, 0.29) is 28.0 Å². The molecule has 4 rings (SSSR count). The normalized spacial score (nSPS) is 15.7. The molecule has 0 bridgehead atoms. The highest BCUT2D eigenvalue weighted by Gasteiger charge is 2.35. The zero-order valence-corrected chi connectivity index (χ0v) is 18.8. The number of carbonyl (C=O) groups is 1. The number of amides is 1. The molecule has 3 aromatic rings. The minimum absolute atomic E-state index is 0.0811. The van der Waals surface area contributed by atoms with Crippen molar-refractivity contribution in [3.8, 4) is 17.2 Å². The number of rotatable bonds is 6. The number of thiophene rings is 1. The third-order valence-electron chi connectivity index (χ3n) is 5.23. The fourth-order valence-electron chi connectivity index (χ4n) is 3.65. The predicted molar refractivity (Wildman–Crippen MR) is 117 cm³/mol. The summed E-state index contributed by atoms with van der Waals surface area (Å²) < 4.78 is 42.6. The Morgan fingerprint density at radius 3 is 2.29 bits per heavy atom. The van der Waals surface area contributed by atoms with Gasteiger partial charge in [0.15, 0.2) is 0 Å².